The Morgan fingerprint density at radius 1 is 0.850 bits per heavy atom. The zero-order valence-corrected chi connectivity index (χ0v) is 25.0. The molecule has 2 aromatic carbocycles. The maximum atomic E-state index is 13.8. The van der Waals surface area contributed by atoms with Crippen molar-refractivity contribution in [2.24, 2.45) is 0 Å². The van der Waals surface area contributed by atoms with E-state index in [4.69, 9.17) is 9.47 Å². The van der Waals surface area contributed by atoms with Crippen LogP contribution in [0.15, 0.2) is 60.8 Å². The van der Waals surface area contributed by atoms with E-state index in [2.05, 4.69) is 61.5 Å². The van der Waals surface area contributed by atoms with E-state index in [1.54, 1.807) is 20.4 Å². The van der Waals surface area contributed by atoms with Gasteiger partial charge in [-0.05, 0) is 65.6 Å². The van der Waals surface area contributed by atoms with Crippen LogP contribution >= 0.6 is 0 Å². The number of rotatable bonds is 15. The van der Waals surface area contributed by atoms with Gasteiger partial charge in [0.2, 0.25) is 0 Å². The molecule has 0 spiro atoms. The number of unbranched alkanes of at least 4 members (excludes halogenated alkanes) is 3. The molecular weight excluding hydrogens is 500 g/mol. The molecule has 7 nitrogen and oxygen atoms in total. The maximum Gasteiger partial charge on any atom is 0.322 e. The van der Waals surface area contributed by atoms with Gasteiger partial charge in [0, 0.05) is 31.5 Å². The van der Waals surface area contributed by atoms with Crippen molar-refractivity contribution in [2.45, 2.75) is 71.8 Å². The summed E-state index contributed by atoms with van der Waals surface area (Å²) in [7, 11) is 3.26. The number of hydrogen-bond donors (Lipinski definition) is 2. The first-order valence-electron chi connectivity index (χ1n) is 14.4. The average Bonchev–Trinajstić information content (AvgIpc) is 2.96. The molecule has 40 heavy (non-hydrogen) atoms. The highest BCUT2D eigenvalue weighted by molar-refractivity contribution is 5.91. The molecule has 0 atom stereocenters. The molecule has 3 aromatic rings. The number of methoxy groups -OCH3 is 2. The van der Waals surface area contributed by atoms with E-state index < -0.39 is 0 Å². The minimum atomic E-state index is -0.0818. The number of hydrogen-bond acceptors (Lipinski definition) is 5. The van der Waals surface area contributed by atoms with Gasteiger partial charge in [-0.15, -0.1) is 0 Å². The molecular formula is C33H46N4O3. The number of para-hydroxylation sites is 1. The second-order valence-corrected chi connectivity index (χ2v) is 10.7. The molecule has 7 heteroatoms. The Labute approximate surface area is 240 Å². The Balaban J connectivity index is 1.69. The monoisotopic (exact) mass is 546 g/mol. The van der Waals surface area contributed by atoms with Crippen molar-refractivity contribution in [3.63, 3.8) is 0 Å². The number of ether oxygens (including phenoxy) is 2. The van der Waals surface area contributed by atoms with Crippen LogP contribution in [-0.2, 0) is 6.54 Å². The second-order valence-electron chi connectivity index (χ2n) is 10.7. The predicted octanol–water partition coefficient (Wildman–Crippen LogP) is 8.05. The van der Waals surface area contributed by atoms with E-state index in [1.165, 1.54) is 0 Å². The van der Waals surface area contributed by atoms with Crippen LogP contribution in [0.3, 0.4) is 0 Å². The van der Waals surface area contributed by atoms with Crippen LogP contribution in [0, 0.1) is 0 Å². The van der Waals surface area contributed by atoms with Gasteiger partial charge in [0.05, 0.1) is 14.2 Å². The summed E-state index contributed by atoms with van der Waals surface area (Å²) in [5.74, 6) is 2.84. The number of carbonyl (C=O) groups is 1. The van der Waals surface area contributed by atoms with Crippen molar-refractivity contribution in [2.75, 3.05) is 37.9 Å². The molecule has 0 aliphatic heterocycles. The maximum absolute atomic E-state index is 13.8. The molecule has 1 aromatic heterocycles. The Morgan fingerprint density at radius 2 is 1.55 bits per heavy atom. The molecule has 0 aliphatic rings. The van der Waals surface area contributed by atoms with Crippen LogP contribution in [-0.4, -0.2) is 43.2 Å². The van der Waals surface area contributed by atoms with Gasteiger partial charge in [-0.3, -0.25) is 0 Å². The van der Waals surface area contributed by atoms with E-state index in [-0.39, 0.29) is 6.03 Å². The number of anilines is 2. The smallest absolute Gasteiger partial charge is 0.322 e. The van der Waals surface area contributed by atoms with Gasteiger partial charge in [0.15, 0.2) is 11.5 Å². The van der Waals surface area contributed by atoms with Gasteiger partial charge in [0.1, 0.15) is 5.82 Å². The molecule has 1 heterocycles. The van der Waals surface area contributed by atoms with Crippen LogP contribution in [0.1, 0.15) is 81.9 Å². The van der Waals surface area contributed by atoms with Crippen LogP contribution < -0.4 is 20.1 Å². The van der Waals surface area contributed by atoms with E-state index in [9.17, 15) is 4.79 Å². The third-order valence-corrected chi connectivity index (χ3v) is 7.04. The Bertz CT molecular complexity index is 1170. The summed E-state index contributed by atoms with van der Waals surface area (Å²) in [6.45, 7) is 10.7. The number of amides is 2. The number of nitrogens with zero attached hydrogens (tertiary/aromatic N) is 2. The molecule has 2 amide bonds. The number of urea groups is 1. The van der Waals surface area contributed by atoms with Gasteiger partial charge < -0.3 is 25.0 Å². The Kier molecular flexibility index (Phi) is 12.1. The fourth-order valence-electron chi connectivity index (χ4n) is 4.80. The molecule has 0 bridgehead atoms. The standard InChI is InChI=1S/C33H46N4O3/c1-24(2)27-14-13-15-28(25(3)4)32(27)36-33(38)37(23-26-17-18-29(39-5)30(22-26)40-6)21-12-8-7-10-19-34-31-16-9-11-20-35-31/h9,11,13-18,20,22,24-25H,7-8,10,12,19,21,23H2,1-6H3,(H,34,35)(H,36,38). The third-order valence-electron chi connectivity index (χ3n) is 7.04. The minimum Gasteiger partial charge on any atom is -0.493 e. The quantitative estimate of drug-likeness (QED) is 0.189. The Hall–Kier alpha value is -3.74. The Morgan fingerprint density at radius 3 is 2.17 bits per heavy atom. The normalized spacial score (nSPS) is 11.0. The first-order chi connectivity index (χ1) is 19.3. The van der Waals surface area contributed by atoms with Crippen molar-refractivity contribution < 1.29 is 14.3 Å². The van der Waals surface area contributed by atoms with Gasteiger partial charge in [-0.25, -0.2) is 9.78 Å². The van der Waals surface area contributed by atoms with Gasteiger partial charge >= 0.3 is 6.03 Å². The number of benzene rings is 2. The van der Waals surface area contributed by atoms with Crippen molar-refractivity contribution >= 4 is 17.5 Å². The molecule has 0 unspecified atom stereocenters. The number of nitrogens with one attached hydrogen (secondary N) is 2. The highest BCUT2D eigenvalue weighted by Gasteiger charge is 2.20. The average molecular weight is 547 g/mol. The summed E-state index contributed by atoms with van der Waals surface area (Å²) >= 11 is 0. The number of pyridine rings is 1. The molecule has 0 fully saturated rings. The van der Waals surface area contributed by atoms with Crippen LogP contribution in [0.2, 0.25) is 0 Å². The lowest BCUT2D eigenvalue weighted by Crippen LogP contribution is -2.36. The lowest BCUT2D eigenvalue weighted by molar-refractivity contribution is 0.207. The fraction of sp³-hybridized carbons (Fsp3) is 0.455. The lowest BCUT2D eigenvalue weighted by atomic mass is 9.93. The predicted molar refractivity (Wildman–Crippen MR) is 165 cm³/mol. The van der Waals surface area contributed by atoms with Crippen LogP contribution in [0.25, 0.3) is 0 Å². The number of aromatic nitrogens is 1. The lowest BCUT2D eigenvalue weighted by Gasteiger charge is -2.27. The van der Waals surface area contributed by atoms with E-state index in [0.29, 0.717) is 36.4 Å². The molecule has 216 valence electrons. The number of carbonyl (C=O) groups excluding carboxylic acids is 1. The summed E-state index contributed by atoms with van der Waals surface area (Å²) in [5, 5.41) is 6.67. The van der Waals surface area contributed by atoms with E-state index in [1.807, 2.05) is 41.3 Å². The van der Waals surface area contributed by atoms with Crippen molar-refractivity contribution in [1.82, 2.24) is 9.88 Å². The minimum absolute atomic E-state index is 0.0818. The largest absolute Gasteiger partial charge is 0.493 e. The summed E-state index contributed by atoms with van der Waals surface area (Å²) in [5.41, 5.74) is 4.25. The molecule has 0 radical (unpaired) electrons. The summed E-state index contributed by atoms with van der Waals surface area (Å²) in [6.07, 6.45) is 5.90. The van der Waals surface area contributed by atoms with Crippen LogP contribution in [0.5, 0.6) is 11.5 Å². The second kappa shape index (κ2) is 15.8. The topological polar surface area (TPSA) is 75.7 Å². The van der Waals surface area contributed by atoms with Crippen molar-refractivity contribution in [1.29, 1.82) is 0 Å². The molecule has 3 rings (SSSR count). The van der Waals surface area contributed by atoms with Gasteiger partial charge in [-0.2, -0.15) is 0 Å². The summed E-state index contributed by atoms with van der Waals surface area (Å²) in [4.78, 5) is 20.0. The van der Waals surface area contributed by atoms with E-state index in [0.717, 1.165) is 60.4 Å². The zero-order chi connectivity index (χ0) is 28.9. The molecule has 0 saturated heterocycles. The highest BCUT2D eigenvalue weighted by Crippen LogP contribution is 2.33. The highest BCUT2D eigenvalue weighted by atomic mass is 16.5. The van der Waals surface area contributed by atoms with Gasteiger partial charge in [-0.1, -0.05) is 70.9 Å². The van der Waals surface area contributed by atoms with Crippen molar-refractivity contribution in [3.05, 3.63) is 77.5 Å². The summed E-state index contributed by atoms with van der Waals surface area (Å²) < 4.78 is 10.9. The third kappa shape index (κ3) is 8.90. The first kappa shape index (κ1) is 30.8. The van der Waals surface area contributed by atoms with Crippen molar-refractivity contribution in [3.8, 4) is 11.5 Å². The molecule has 0 saturated carbocycles. The zero-order valence-electron chi connectivity index (χ0n) is 25.0. The van der Waals surface area contributed by atoms with Gasteiger partial charge in [0.25, 0.3) is 0 Å². The van der Waals surface area contributed by atoms with Crippen LogP contribution in [0.4, 0.5) is 16.3 Å². The summed E-state index contributed by atoms with van der Waals surface area (Å²) in [6, 6.07) is 17.9. The SMILES string of the molecule is COc1ccc(CN(CCCCCCNc2ccccn2)C(=O)Nc2c(C(C)C)cccc2C(C)C)cc1OC. The molecule has 2 N–H and O–H groups in total. The fourth-order valence-corrected chi connectivity index (χ4v) is 4.80. The van der Waals surface area contributed by atoms with E-state index >= 15 is 0 Å². The first-order valence-corrected chi connectivity index (χ1v) is 14.4. The molecule has 0 aliphatic carbocycles.